The number of amides is 1. The third kappa shape index (κ3) is 8.58. The first kappa shape index (κ1) is 19.7. The molecule has 0 atom stereocenters. The molecule has 1 N–H and O–H groups in total. The highest BCUT2D eigenvalue weighted by molar-refractivity contribution is 5.84. The van der Waals surface area contributed by atoms with Crippen molar-refractivity contribution in [1.82, 2.24) is 5.32 Å². The van der Waals surface area contributed by atoms with Crippen LogP contribution in [0.25, 0.3) is 0 Å². The summed E-state index contributed by atoms with van der Waals surface area (Å²) in [5.74, 6) is 0.124. The predicted octanol–water partition coefficient (Wildman–Crippen LogP) is 3.66. The van der Waals surface area contributed by atoms with Crippen LogP contribution in [-0.4, -0.2) is 29.8 Å². The van der Waals surface area contributed by atoms with Gasteiger partial charge in [-0.1, -0.05) is 26.7 Å². The van der Waals surface area contributed by atoms with Crippen molar-refractivity contribution in [2.24, 2.45) is 5.92 Å². The lowest BCUT2D eigenvalue weighted by Crippen LogP contribution is -2.52. The van der Waals surface area contributed by atoms with Crippen LogP contribution in [0.15, 0.2) is 0 Å². The van der Waals surface area contributed by atoms with Gasteiger partial charge in [0.2, 0.25) is 0 Å². The van der Waals surface area contributed by atoms with Gasteiger partial charge in [-0.3, -0.25) is 0 Å². The van der Waals surface area contributed by atoms with E-state index in [1.165, 1.54) is 0 Å². The molecule has 0 fully saturated rings. The van der Waals surface area contributed by atoms with E-state index in [0.717, 1.165) is 19.3 Å². The molecule has 0 radical (unpaired) electrons. The van der Waals surface area contributed by atoms with E-state index in [0.29, 0.717) is 12.5 Å². The molecule has 0 aliphatic rings. The average molecular weight is 301 g/mol. The molecule has 0 aromatic carbocycles. The van der Waals surface area contributed by atoms with Gasteiger partial charge in [-0.2, -0.15) is 0 Å². The summed E-state index contributed by atoms with van der Waals surface area (Å²) in [4.78, 5) is 23.7. The quantitative estimate of drug-likeness (QED) is 0.729. The maximum absolute atomic E-state index is 12.0. The summed E-state index contributed by atoms with van der Waals surface area (Å²) in [6, 6.07) is 0. The molecule has 21 heavy (non-hydrogen) atoms. The number of rotatable bonds is 7. The van der Waals surface area contributed by atoms with Crippen LogP contribution in [0.5, 0.6) is 0 Å². The number of alkyl carbamates (subject to hydrolysis) is 1. The van der Waals surface area contributed by atoms with E-state index in [9.17, 15) is 9.59 Å². The number of hydrogen-bond donors (Lipinski definition) is 1. The number of carbonyl (C=O) groups is 2. The normalized spacial score (nSPS) is 12.2. The Morgan fingerprint density at radius 2 is 1.57 bits per heavy atom. The zero-order chi connectivity index (χ0) is 16.7. The minimum Gasteiger partial charge on any atom is -0.464 e. The van der Waals surface area contributed by atoms with Crippen molar-refractivity contribution in [3.8, 4) is 0 Å². The molecule has 0 aromatic rings. The SMILES string of the molecule is CCC(CC)CCOC(=O)C(C)(C)NC(=O)OC(C)(C)C. The van der Waals surface area contributed by atoms with Gasteiger partial charge in [0, 0.05) is 0 Å². The number of ether oxygens (including phenoxy) is 2. The van der Waals surface area contributed by atoms with Crippen LogP contribution in [0.1, 0.15) is 67.7 Å². The second kappa shape index (κ2) is 8.25. The lowest BCUT2D eigenvalue weighted by molar-refractivity contribution is -0.150. The standard InChI is InChI=1S/C16H31NO4/c1-8-12(9-2)10-11-20-13(18)16(6,7)17-14(19)21-15(3,4)5/h12H,8-11H2,1-7H3,(H,17,19). The number of nitrogens with one attached hydrogen (secondary N) is 1. The summed E-state index contributed by atoms with van der Waals surface area (Å²) in [5, 5.41) is 2.54. The van der Waals surface area contributed by atoms with Gasteiger partial charge in [0.1, 0.15) is 11.1 Å². The van der Waals surface area contributed by atoms with Crippen molar-refractivity contribution in [3.63, 3.8) is 0 Å². The average Bonchev–Trinajstić information content (AvgIpc) is 2.31. The Bertz CT molecular complexity index is 341. The zero-order valence-corrected chi connectivity index (χ0v) is 14.5. The first-order valence-corrected chi connectivity index (χ1v) is 7.70. The summed E-state index contributed by atoms with van der Waals surface area (Å²) >= 11 is 0. The van der Waals surface area contributed by atoms with Crippen molar-refractivity contribution >= 4 is 12.1 Å². The minimum absolute atomic E-state index is 0.380. The second-order valence-corrected chi connectivity index (χ2v) is 6.86. The minimum atomic E-state index is -1.10. The first-order chi connectivity index (χ1) is 9.51. The Morgan fingerprint density at radius 1 is 1.05 bits per heavy atom. The van der Waals surface area contributed by atoms with Gasteiger partial charge in [-0.05, 0) is 47.0 Å². The molecule has 5 heteroatoms. The fourth-order valence-corrected chi connectivity index (χ4v) is 1.81. The Labute approximate surface area is 128 Å². The van der Waals surface area contributed by atoms with Gasteiger partial charge >= 0.3 is 12.1 Å². The Hall–Kier alpha value is -1.26. The van der Waals surface area contributed by atoms with Gasteiger partial charge in [0.25, 0.3) is 0 Å². The zero-order valence-electron chi connectivity index (χ0n) is 14.5. The van der Waals surface area contributed by atoms with Crippen LogP contribution in [0.4, 0.5) is 4.79 Å². The molecule has 5 nitrogen and oxygen atoms in total. The molecular weight excluding hydrogens is 270 g/mol. The highest BCUT2D eigenvalue weighted by atomic mass is 16.6. The van der Waals surface area contributed by atoms with Crippen LogP contribution >= 0.6 is 0 Å². The number of carbonyl (C=O) groups excluding carboxylic acids is 2. The van der Waals surface area contributed by atoms with Crippen LogP contribution in [0, 0.1) is 5.92 Å². The van der Waals surface area contributed by atoms with E-state index < -0.39 is 23.2 Å². The molecular formula is C16H31NO4. The van der Waals surface area contributed by atoms with Gasteiger partial charge in [0.05, 0.1) is 6.61 Å². The number of hydrogen-bond acceptors (Lipinski definition) is 4. The second-order valence-electron chi connectivity index (χ2n) is 6.86. The van der Waals surface area contributed by atoms with Crippen LogP contribution < -0.4 is 5.32 Å². The van der Waals surface area contributed by atoms with Crippen molar-refractivity contribution in [2.75, 3.05) is 6.61 Å². The molecule has 0 rings (SSSR count). The summed E-state index contributed by atoms with van der Waals surface area (Å²) in [5.41, 5.74) is -1.70. The monoisotopic (exact) mass is 301 g/mol. The first-order valence-electron chi connectivity index (χ1n) is 7.70. The molecule has 0 aliphatic heterocycles. The van der Waals surface area contributed by atoms with Crippen molar-refractivity contribution in [2.45, 2.75) is 78.9 Å². The molecule has 0 saturated carbocycles. The fourth-order valence-electron chi connectivity index (χ4n) is 1.81. The van der Waals surface area contributed by atoms with E-state index in [-0.39, 0.29) is 0 Å². The van der Waals surface area contributed by atoms with Gasteiger partial charge in [-0.25, -0.2) is 9.59 Å². The Morgan fingerprint density at radius 3 is 2.00 bits per heavy atom. The summed E-state index contributed by atoms with van der Waals surface area (Å²) in [6.45, 7) is 13.2. The topological polar surface area (TPSA) is 64.6 Å². The van der Waals surface area contributed by atoms with Crippen molar-refractivity contribution in [1.29, 1.82) is 0 Å². The molecule has 0 heterocycles. The largest absolute Gasteiger partial charge is 0.464 e. The van der Waals surface area contributed by atoms with E-state index in [1.807, 2.05) is 0 Å². The molecule has 0 aromatic heterocycles. The van der Waals surface area contributed by atoms with Gasteiger partial charge in [0.15, 0.2) is 0 Å². The number of esters is 1. The van der Waals surface area contributed by atoms with Crippen molar-refractivity contribution < 1.29 is 19.1 Å². The lowest BCUT2D eigenvalue weighted by Gasteiger charge is -2.27. The molecule has 0 unspecified atom stereocenters. The smallest absolute Gasteiger partial charge is 0.408 e. The van der Waals surface area contributed by atoms with Gasteiger partial charge < -0.3 is 14.8 Å². The van der Waals surface area contributed by atoms with Crippen LogP contribution in [-0.2, 0) is 14.3 Å². The van der Waals surface area contributed by atoms with E-state index in [4.69, 9.17) is 9.47 Å². The van der Waals surface area contributed by atoms with Crippen LogP contribution in [0.2, 0.25) is 0 Å². The molecule has 124 valence electrons. The third-order valence-corrected chi connectivity index (χ3v) is 3.24. The molecule has 1 amide bonds. The highest BCUT2D eigenvalue weighted by Gasteiger charge is 2.33. The summed E-state index contributed by atoms with van der Waals surface area (Å²) in [6.07, 6.45) is 2.38. The maximum Gasteiger partial charge on any atom is 0.408 e. The molecule has 0 bridgehead atoms. The van der Waals surface area contributed by atoms with Crippen molar-refractivity contribution in [3.05, 3.63) is 0 Å². The predicted molar refractivity (Wildman–Crippen MR) is 83.1 cm³/mol. The van der Waals surface area contributed by atoms with E-state index >= 15 is 0 Å². The van der Waals surface area contributed by atoms with Gasteiger partial charge in [-0.15, -0.1) is 0 Å². The maximum atomic E-state index is 12.0. The Kier molecular flexibility index (Phi) is 7.75. The fraction of sp³-hybridized carbons (Fsp3) is 0.875. The molecule has 0 spiro atoms. The summed E-state index contributed by atoms with van der Waals surface area (Å²) in [7, 11) is 0. The lowest BCUT2D eigenvalue weighted by atomic mass is 10.0. The third-order valence-electron chi connectivity index (χ3n) is 3.24. The molecule has 0 aliphatic carbocycles. The van der Waals surface area contributed by atoms with E-state index in [2.05, 4.69) is 19.2 Å². The Balaban J connectivity index is 4.30. The highest BCUT2D eigenvalue weighted by Crippen LogP contribution is 2.14. The molecule has 0 saturated heterocycles. The van der Waals surface area contributed by atoms with E-state index in [1.54, 1.807) is 34.6 Å². The van der Waals surface area contributed by atoms with Crippen LogP contribution in [0.3, 0.4) is 0 Å². The summed E-state index contributed by atoms with van der Waals surface area (Å²) < 4.78 is 10.4.